The third kappa shape index (κ3) is 3.31. The minimum Gasteiger partial charge on any atom is -0.364 e. The van der Waals surface area contributed by atoms with Crippen molar-refractivity contribution < 1.29 is 9.59 Å². The van der Waals surface area contributed by atoms with Crippen molar-refractivity contribution in [2.75, 3.05) is 0 Å². The molecule has 1 amide bonds. The average Bonchev–Trinajstić information content (AvgIpc) is 2.93. The summed E-state index contributed by atoms with van der Waals surface area (Å²) in [4.78, 5) is 26.7. The lowest BCUT2D eigenvalue weighted by molar-refractivity contribution is -0.109. The number of fused-ring (bicyclic) bond motifs is 1. The van der Waals surface area contributed by atoms with Gasteiger partial charge in [-0.3, -0.25) is 4.79 Å². The Morgan fingerprint density at radius 3 is 2.62 bits per heavy atom. The normalized spacial score (nSPS) is 17.1. The lowest BCUT2D eigenvalue weighted by atomic mass is 9.80. The molecule has 0 bridgehead atoms. The summed E-state index contributed by atoms with van der Waals surface area (Å²) < 4.78 is 0. The van der Waals surface area contributed by atoms with Crippen LogP contribution in [0.2, 0.25) is 10.0 Å². The van der Waals surface area contributed by atoms with Gasteiger partial charge in [0.1, 0.15) is 12.0 Å². The lowest BCUT2D eigenvalue weighted by Crippen LogP contribution is -2.18. The Morgan fingerprint density at radius 2 is 2.00 bits per heavy atom. The van der Waals surface area contributed by atoms with E-state index in [1.807, 2.05) is 0 Å². The van der Waals surface area contributed by atoms with Crippen LogP contribution in [-0.2, 0) is 4.79 Å². The molecule has 1 aromatic heterocycles. The van der Waals surface area contributed by atoms with Crippen LogP contribution in [0.4, 0.5) is 0 Å². The molecule has 0 spiro atoms. The number of hydrogen-bond acceptors (Lipinski definition) is 2. The Bertz CT molecular complexity index is 779. The van der Waals surface area contributed by atoms with Gasteiger partial charge in [0.2, 0.25) is 0 Å². The van der Waals surface area contributed by atoms with Crippen LogP contribution in [0.5, 0.6) is 0 Å². The Morgan fingerprint density at radius 1 is 1.29 bits per heavy atom. The second-order valence-corrected chi connectivity index (χ2v) is 7.41. The fourth-order valence-corrected chi connectivity index (χ4v) is 4.46. The number of nitrogens with two attached hydrogens (primary N) is 1. The Balaban J connectivity index is 2.08. The van der Waals surface area contributed by atoms with Crippen LogP contribution in [0.1, 0.15) is 60.5 Å². The first kappa shape index (κ1) is 17.3. The molecule has 0 aliphatic heterocycles. The molecule has 1 aliphatic rings. The molecule has 3 N–H and O–H groups in total. The first-order chi connectivity index (χ1) is 11.5. The second kappa shape index (κ2) is 7.16. The molecule has 24 heavy (non-hydrogen) atoms. The predicted molar refractivity (Wildman–Crippen MR) is 96.8 cm³/mol. The number of hydrogen-bond donors (Lipinski definition) is 2. The molecule has 1 aromatic carbocycles. The monoisotopic (exact) mass is 366 g/mol. The van der Waals surface area contributed by atoms with Gasteiger partial charge in [-0.1, -0.05) is 55.3 Å². The average molecular weight is 367 g/mol. The molecular formula is C18H20Cl2N2O2. The number of carbonyl (C=O) groups excluding carboxylic acids is 2. The number of carbonyl (C=O) groups is 2. The zero-order valence-electron chi connectivity index (χ0n) is 13.3. The molecule has 1 atom stereocenters. The number of aromatic nitrogens is 1. The van der Waals surface area contributed by atoms with Crippen LogP contribution in [0.3, 0.4) is 0 Å². The number of benzene rings is 1. The van der Waals surface area contributed by atoms with E-state index in [9.17, 15) is 9.59 Å². The molecule has 0 radical (unpaired) electrons. The van der Waals surface area contributed by atoms with E-state index < -0.39 is 11.8 Å². The van der Waals surface area contributed by atoms with Crippen LogP contribution in [0.25, 0.3) is 10.9 Å². The van der Waals surface area contributed by atoms with Gasteiger partial charge in [0.05, 0.1) is 5.02 Å². The number of rotatable bonds is 5. The molecule has 1 saturated carbocycles. The highest BCUT2D eigenvalue weighted by atomic mass is 35.5. The van der Waals surface area contributed by atoms with E-state index in [4.69, 9.17) is 28.9 Å². The van der Waals surface area contributed by atoms with E-state index in [1.54, 1.807) is 12.1 Å². The van der Waals surface area contributed by atoms with Gasteiger partial charge in [0.15, 0.2) is 0 Å². The van der Waals surface area contributed by atoms with Crippen molar-refractivity contribution >= 4 is 46.3 Å². The van der Waals surface area contributed by atoms with Crippen LogP contribution >= 0.6 is 23.2 Å². The Labute approximate surface area is 150 Å². The van der Waals surface area contributed by atoms with Gasteiger partial charge in [-0.2, -0.15) is 0 Å². The number of primary amides is 1. The summed E-state index contributed by atoms with van der Waals surface area (Å²) in [6.45, 7) is 0. The maximum Gasteiger partial charge on any atom is 0.265 e. The van der Waals surface area contributed by atoms with E-state index in [0.717, 1.165) is 25.5 Å². The molecule has 3 rings (SSSR count). The third-order valence-electron chi connectivity index (χ3n) is 4.95. The Hall–Kier alpha value is -1.52. The fourth-order valence-electron chi connectivity index (χ4n) is 3.86. The van der Waals surface area contributed by atoms with E-state index in [1.165, 1.54) is 19.3 Å². The molecule has 0 saturated heterocycles. The van der Waals surface area contributed by atoms with E-state index in [-0.39, 0.29) is 5.69 Å². The summed E-state index contributed by atoms with van der Waals surface area (Å²) in [7, 11) is 0. The standard InChI is InChI=1S/C18H20Cl2N2O2/c19-12-7-13(20)16-14(8-12)22-17(18(21)24)15(16)11(9-23)6-10-4-2-1-3-5-10/h7-11,22H,1-6H2,(H2,21,24). The van der Waals surface area contributed by atoms with Crippen molar-refractivity contribution in [2.45, 2.75) is 44.4 Å². The van der Waals surface area contributed by atoms with Crippen LogP contribution in [-0.4, -0.2) is 17.2 Å². The van der Waals surface area contributed by atoms with E-state index >= 15 is 0 Å². The molecule has 1 fully saturated rings. The molecule has 1 heterocycles. The highest BCUT2D eigenvalue weighted by molar-refractivity contribution is 6.39. The molecular weight excluding hydrogens is 347 g/mol. The highest BCUT2D eigenvalue weighted by Gasteiger charge is 2.28. The van der Waals surface area contributed by atoms with Gasteiger partial charge in [-0.25, -0.2) is 0 Å². The summed E-state index contributed by atoms with van der Waals surface area (Å²) >= 11 is 12.4. The maximum absolute atomic E-state index is 11.9. The summed E-state index contributed by atoms with van der Waals surface area (Å²) in [5.41, 5.74) is 7.02. The summed E-state index contributed by atoms with van der Waals surface area (Å²) in [5.74, 6) is -0.502. The van der Waals surface area contributed by atoms with Gasteiger partial charge in [-0.05, 0) is 24.5 Å². The lowest BCUT2D eigenvalue weighted by Gasteiger charge is -2.24. The molecule has 2 aromatic rings. The molecule has 1 unspecified atom stereocenters. The molecule has 6 heteroatoms. The molecule has 1 aliphatic carbocycles. The van der Waals surface area contributed by atoms with E-state index in [0.29, 0.717) is 32.4 Å². The maximum atomic E-state index is 11.9. The van der Waals surface area contributed by atoms with Crippen molar-refractivity contribution in [1.29, 1.82) is 0 Å². The first-order valence-electron chi connectivity index (χ1n) is 8.27. The van der Waals surface area contributed by atoms with Gasteiger partial charge in [0, 0.05) is 27.4 Å². The minimum atomic E-state index is -0.594. The quantitative estimate of drug-likeness (QED) is 0.743. The van der Waals surface area contributed by atoms with Crippen LogP contribution in [0.15, 0.2) is 12.1 Å². The zero-order chi connectivity index (χ0) is 17.3. The zero-order valence-corrected chi connectivity index (χ0v) is 14.8. The van der Waals surface area contributed by atoms with Crippen LogP contribution < -0.4 is 5.73 Å². The highest BCUT2D eigenvalue weighted by Crippen LogP contribution is 2.40. The van der Waals surface area contributed by atoms with Crippen molar-refractivity contribution in [2.24, 2.45) is 11.7 Å². The topological polar surface area (TPSA) is 76.0 Å². The van der Waals surface area contributed by atoms with Crippen molar-refractivity contribution in [3.63, 3.8) is 0 Å². The number of aldehydes is 1. The van der Waals surface area contributed by atoms with E-state index in [2.05, 4.69) is 4.98 Å². The number of aromatic amines is 1. The Kier molecular flexibility index (Phi) is 5.16. The minimum absolute atomic E-state index is 0.252. The van der Waals surface area contributed by atoms with Crippen molar-refractivity contribution in [3.8, 4) is 0 Å². The largest absolute Gasteiger partial charge is 0.364 e. The van der Waals surface area contributed by atoms with Gasteiger partial charge in [0.25, 0.3) is 5.91 Å². The number of H-pyrrole nitrogens is 1. The summed E-state index contributed by atoms with van der Waals surface area (Å²) in [5, 5.41) is 1.56. The third-order valence-corrected chi connectivity index (χ3v) is 5.46. The van der Waals surface area contributed by atoms with Crippen molar-refractivity contribution in [3.05, 3.63) is 33.4 Å². The number of amides is 1. The molecule has 128 valence electrons. The van der Waals surface area contributed by atoms with Gasteiger partial charge in [-0.15, -0.1) is 0 Å². The fraction of sp³-hybridized carbons (Fsp3) is 0.444. The molecule has 4 nitrogen and oxygen atoms in total. The van der Waals surface area contributed by atoms with Crippen LogP contribution in [0, 0.1) is 5.92 Å². The summed E-state index contributed by atoms with van der Waals surface area (Å²) in [6, 6.07) is 3.32. The number of nitrogens with one attached hydrogen (secondary N) is 1. The van der Waals surface area contributed by atoms with Gasteiger partial charge < -0.3 is 15.5 Å². The summed E-state index contributed by atoms with van der Waals surface area (Å²) in [6.07, 6.45) is 7.53. The SMILES string of the molecule is NC(=O)c1[nH]c2cc(Cl)cc(Cl)c2c1C(C=O)CC1CCCCC1. The predicted octanol–water partition coefficient (Wildman–Crippen LogP) is 4.83. The first-order valence-corrected chi connectivity index (χ1v) is 9.02. The van der Waals surface area contributed by atoms with Crippen molar-refractivity contribution in [1.82, 2.24) is 4.98 Å². The second-order valence-electron chi connectivity index (χ2n) is 6.57. The van der Waals surface area contributed by atoms with Gasteiger partial charge >= 0.3 is 0 Å². The number of halogens is 2. The smallest absolute Gasteiger partial charge is 0.265 e.